The Hall–Kier alpha value is -2.70. The van der Waals surface area contributed by atoms with Gasteiger partial charge in [0.2, 0.25) is 5.91 Å². The van der Waals surface area contributed by atoms with Gasteiger partial charge in [-0.05, 0) is 61.2 Å². The predicted molar refractivity (Wildman–Crippen MR) is 126 cm³/mol. The summed E-state index contributed by atoms with van der Waals surface area (Å²) in [5, 5.41) is 3.49. The molecule has 1 amide bonds. The van der Waals surface area contributed by atoms with Gasteiger partial charge in [-0.2, -0.15) is 0 Å². The molecule has 2 aromatic rings. The first-order valence-corrected chi connectivity index (χ1v) is 11.1. The van der Waals surface area contributed by atoms with Crippen LogP contribution in [0.15, 0.2) is 42.5 Å². The van der Waals surface area contributed by atoms with Crippen LogP contribution in [0.1, 0.15) is 30.9 Å². The average Bonchev–Trinajstić information content (AvgIpc) is 2.82. The minimum atomic E-state index is -0.173. The van der Waals surface area contributed by atoms with Crippen molar-refractivity contribution in [3.63, 3.8) is 0 Å². The number of ether oxygens (including phenoxy) is 4. The average molecular weight is 460 g/mol. The standard InChI is InChI=1S/C25H30ClNO5/c1-4-32-20-8-6-19(7-9-20)25(11-13-31-14-12-25)17-27-23(28)10-5-18-15-21(26)24(30-3)22(16-18)29-2/h5-10,15-16H,4,11-14,17H2,1-3H3,(H,27,28)/b10-5+. The zero-order valence-corrected chi connectivity index (χ0v) is 19.5. The topological polar surface area (TPSA) is 66.0 Å². The van der Waals surface area contributed by atoms with E-state index in [9.17, 15) is 4.79 Å². The lowest BCUT2D eigenvalue weighted by molar-refractivity contribution is -0.116. The van der Waals surface area contributed by atoms with E-state index in [4.69, 9.17) is 30.5 Å². The quantitative estimate of drug-likeness (QED) is 0.553. The molecule has 0 unspecified atom stereocenters. The summed E-state index contributed by atoms with van der Waals surface area (Å²) in [5.74, 6) is 1.65. The molecule has 0 aromatic heterocycles. The normalized spacial score (nSPS) is 15.4. The van der Waals surface area contributed by atoms with Crippen LogP contribution in [0.5, 0.6) is 17.2 Å². The molecule has 1 heterocycles. The molecule has 0 spiro atoms. The summed E-state index contributed by atoms with van der Waals surface area (Å²) >= 11 is 6.25. The van der Waals surface area contributed by atoms with E-state index >= 15 is 0 Å². The van der Waals surface area contributed by atoms with Gasteiger partial charge in [-0.1, -0.05) is 23.7 Å². The number of carbonyl (C=O) groups excluding carboxylic acids is 1. The maximum Gasteiger partial charge on any atom is 0.244 e. The lowest BCUT2D eigenvalue weighted by Crippen LogP contribution is -2.44. The highest BCUT2D eigenvalue weighted by Gasteiger charge is 2.34. The summed E-state index contributed by atoms with van der Waals surface area (Å²) in [6, 6.07) is 11.6. The third kappa shape index (κ3) is 5.75. The van der Waals surface area contributed by atoms with Crippen LogP contribution in [0.3, 0.4) is 0 Å². The molecule has 1 fully saturated rings. The molecule has 32 heavy (non-hydrogen) atoms. The van der Waals surface area contributed by atoms with Gasteiger partial charge in [0.15, 0.2) is 11.5 Å². The molecule has 1 saturated heterocycles. The van der Waals surface area contributed by atoms with Crippen LogP contribution in [0.25, 0.3) is 6.08 Å². The summed E-state index contributed by atoms with van der Waals surface area (Å²) in [7, 11) is 3.08. The minimum Gasteiger partial charge on any atom is -0.494 e. The Bertz CT molecular complexity index is 936. The van der Waals surface area contributed by atoms with Crippen LogP contribution in [0.4, 0.5) is 0 Å². The van der Waals surface area contributed by atoms with Gasteiger partial charge in [-0.25, -0.2) is 0 Å². The molecule has 7 heteroatoms. The second-order valence-electron chi connectivity index (χ2n) is 7.64. The molecule has 1 N–H and O–H groups in total. The fourth-order valence-corrected chi connectivity index (χ4v) is 4.22. The molecule has 0 aliphatic carbocycles. The summed E-state index contributed by atoms with van der Waals surface area (Å²) in [5.41, 5.74) is 1.76. The lowest BCUT2D eigenvalue weighted by atomic mass is 9.74. The molecule has 0 bridgehead atoms. The highest BCUT2D eigenvalue weighted by Crippen LogP contribution is 2.37. The summed E-state index contributed by atoms with van der Waals surface area (Å²) < 4.78 is 21.7. The maximum absolute atomic E-state index is 12.6. The van der Waals surface area contributed by atoms with Crippen molar-refractivity contribution in [2.24, 2.45) is 0 Å². The van der Waals surface area contributed by atoms with E-state index in [2.05, 4.69) is 17.4 Å². The van der Waals surface area contributed by atoms with E-state index in [-0.39, 0.29) is 11.3 Å². The Morgan fingerprint density at radius 1 is 1.16 bits per heavy atom. The lowest BCUT2D eigenvalue weighted by Gasteiger charge is -2.38. The van der Waals surface area contributed by atoms with Crippen LogP contribution in [-0.2, 0) is 14.9 Å². The SMILES string of the molecule is CCOc1ccc(C2(CNC(=O)/C=C/c3cc(Cl)c(OC)c(OC)c3)CCOCC2)cc1. The molecule has 2 aromatic carbocycles. The van der Waals surface area contributed by atoms with Crippen molar-refractivity contribution in [2.45, 2.75) is 25.2 Å². The van der Waals surface area contributed by atoms with Crippen molar-refractivity contribution in [2.75, 3.05) is 40.6 Å². The largest absolute Gasteiger partial charge is 0.494 e. The number of hydrogen-bond donors (Lipinski definition) is 1. The van der Waals surface area contributed by atoms with E-state index < -0.39 is 0 Å². The highest BCUT2D eigenvalue weighted by molar-refractivity contribution is 6.32. The summed E-state index contributed by atoms with van der Waals surface area (Å²) in [4.78, 5) is 12.6. The fraction of sp³-hybridized carbons (Fsp3) is 0.400. The Balaban J connectivity index is 1.70. The van der Waals surface area contributed by atoms with Crippen LogP contribution in [0.2, 0.25) is 5.02 Å². The number of hydrogen-bond acceptors (Lipinski definition) is 5. The molecule has 0 saturated carbocycles. The van der Waals surface area contributed by atoms with Gasteiger partial charge in [-0.3, -0.25) is 4.79 Å². The highest BCUT2D eigenvalue weighted by atomic mass is 35.5. The smallest absolute Gasteiger partial charge is 0.244 e. The second-order valence-corrected chi connectivity index (χ2v) is 8.05. The second kappa shape index (κ2) is 11.2. The number of carbonyl (C=O) groups is 1. The van der Waals surface area contributed by atoms with Crippen LogP contribution in [0, 0.1) is 0 Å². The van der Waals surface area contributed by atoms with Crippen LogP contribution >= 0.6 is 11.6 Å². The predicted octanol–water partition coefficient (Wildman–Crippen LogP) is 4.63. The van der Waals surface area contributed by atoms with E-state index in [0.717, 1.165) is 24.2 Å². The first-order chi connectivity index (χ1) is 15.5. The molecule has 1 aliphatic rings. The van der Waals surface area contributed by atoms with Gasteiger partial charge in [0, 0.05) is 31.2 Å². The van der Waals surface area contributed by atoms with Gasteiger partial charge < -0.3 is 24.3 Å². The van der Waals surface area contributed by atoms with Crippen molar-refractivity contribution < 1.29 is 23.7 Å². The van der Waals surface area contributed by atoms with Crippen molar-refractivity contribution >= 4 is 23.6 Å². The van der Waals surface area contributed by atoms with Crippen molar-refractivity contribution in [1.82, 2.24) is 5.32 Å². The zero-order valence-electron chi connectivity index (χ0n) is 18.8. The Morgan fingerprint density at radius 3 is 2.50 bits per heavy atom. The number of benzene rings is 2. The molecule has 3 rings (SSSR count). The van der Waals surface area contributed by atoms with E-state index in [1.807, 2.05) is 19.1 Å². The number of nitrogens with one attached hydrogen (secondary N) is 1. The molecule has 0 atom stereocenters. The van der Waals surface area contributed by atoms with E-state index in [1.54, 1.807) is 25.3 Å². The molecule has 172 valence electrons. The third-order valence-electron chi connectivity index (χ3n) is 5.71. The van der Waals surface area contributed by atoms with Crippen LogP contribution in [-0.4, -0.2) is 46.5 Å². The monoisotopic (exact) mass is 459 g/mol. The zero-order chi connectivity index (χ0) is 23.0. The number of halogens is 1. The number of rotatable bonds is 9. The van der Waals surface area contributed by atoms with Gasteiger partial charge in [0.25, 0.3) is 0 Å². The van der Waals surface area contributed by atoms with Gasteiger partial charge >= 0.3 is 0 Å². The number of amides is 1. The van der Waals surface area contributed by atoms with Crippen molar-refractivity contribution in [1.29, 1.82) is 0 Å². The molecular formula is C25H30ClNO5. The Kier molecular flexibility index (Phi) is 8.42. The van der Waals surface area contributed by atoms with Gasteiger partial charge in [0.05, 0.1) is 25.8 Å². The molecule has 1 aliphatic heterocycles. The first kappa shape index (κ1) is 24.0. The molecular weight excluding hydrogens is 430 g/mol. The van der Waals surface area contributed by atoms with Crippen molar-refractivity contribution in [3.05, 3.63) is 58.6 Å². The molecule has 0 radical (unpaired) electrons. The Labute approximate surface area is 194 Å². The van der Waals surface area contributed by atoms with Crippen molar-refractivity contribution in [3.8, 4) is 17.2 Å². The number of methoxy groups -OCH3 is 2. The Morgan fingerprint density at radius 2 is 1.88 bits per heavy atom. The van der Waals surface area contributed by atoms with Gasteiger partial charge in [-0.15, -0.1) is 0 Å². The summed E-state index contributed by atoms with van der Waals surface area (Å²) in [6.07, 6.45) is 4.89. The summed E-state index contributed by atoms with van der Waals surface area (Å²) in [6.45, 7) is 4.46. The van der Waals surface area contributed by atoms with E-state index in [0.29, 0.717) is 42.9 Å². The minimum absolute atomic E-state index is 0.168. The first-order valence-electron chi connectivity index (χ1n) is 10.7. The molecule has 6 nitrogen and oxygen atoms in total. The third-order valence-corrected chi connectivity index (χ3v) is 5.99. The van der Waals surface area contributed by atoms with Gasteiger partial charge in [0.1, 0.15) is 5.75 Å². The van der Waals surface area contributed by atoms with Crippen LogP contribution < -0.4 is 19.5 Å². The van der Waals surface area contributed by atoms with E-state index in [1.165, 1.54) is 18.7 Å². The fourth-order valence-electron chi connectivity index (χ4n) is 3.92. The maximum atomic E-state index is 12.6.